The molecule has 0 atom stereocenters. The molecule has 0 aliphatic heterocycles. The topological polar surface area (TPSA) is 53.1 Å². The van der Waals surface area contributed by atoms with Crippen LogP contribution in [-0.4, -0.2) is 21.8 Å². The second-order valence-electron chi connectivity index (χ2n) is 5.29. The van der Waals surface area contributed by atoms with Gasteiger partial charge in [-0.3, -0.25) is 0 Å². The Labute approximate surface area is 139 Å². The molecule has 0 N–H and O–H groups in total. The van der Waals surface area contributed by atoms with Crippen LogP contribution in [0.25, 0.3) is 28.5 Å². The summed E-state index contributed by atoms with van der Waals surface area (Å²) in [7, 11) is 1.63. The summed E-state index contributed by atoms with van der Waals surface area (Å²) in [5.74, 6) is 1.79. The van der Waals surface area contributed by atoms with E-state index in [2.05, 4.69) is 10.1 Å². The van der Waals surface area contributed by atoms with E-state index in [0.717, 1.165) is 22.6 Å². The SMILES string of the molecule is COc1cccc(-c2nc(-c3ccc(-n4cccc4)cc3)no2)c1. The zero-order chi connectivity index (χ0) is 16.4. The van der Waals surface area contributed by atoms with E-state index in [0.29, 0.717) is 11.7 Å². The molecule has 4 rings (SSSR count). The van der Waals surface area contributed by atoms with Crippen molar-refractivity contribution in [2.75, 3.05) is 7.11 Å². The average molecular weight is 317 g/mol. The molecule has 0 unspecified atom stereocenters. The molecule has 5 nitrogen and oxygen atoms in total. The van der Waals surface area contributed by atoms with Crippen LogP contribution in [0.3, 0.4) is 0 Å². The van der Waals surface area contributed by atoms with Crippen molar-refractivity contribution in [3.05, 3.63) is 73.1 Å². The van der Waals surface area contributed by atoms with E-state index in [-0.39, 0.29) is 0 Å². The summed E-state index contributed by atoms with van der Waals surface area (Å²) in [6.45, 7) is 0. The van der Waals surface area contributed by atoms with E-state index in [1.54, 1.807) is 7.11 Å². The summed E-state index contributed by atoms with van der Waals surface area (Å²) in [5.41, 5.74) is 2.82. The van der Waals surface area contributed by atoms with Crippen LogP contribution in [0.15, 0.2) is 77.6 Å². The van der Waals surface area contributed by atoms with Crippen LogP contribution in [0, 0.1) is 0 Å². The largest absolute Gasteiger partial charge is 0.497 e. The molecule has 4 aromatic rings. The fourth-order valence-corrected chi connectivity index (χ4v) is 2.50. The van der Waals surface area contributed by atoms with Crippen LogP contribution in [0.5, 0.6) is 5.75 Å². The molecule has 2 heterocycles. The molecule has 2 aromatic heterocycles. The highest BCUT2D eigenvalue weighted by molar-refractivity contribution is 5.61. The molecule has 0 aliphatic rings. The van der Waals surface area contributed by atoms with Crippen LogP contribution in [0.1, 0.15) is 0 Å². The number of aromatic nitrogens is 3. The van der Waals surface area contributed by atoms with E-state index in [1.807, 2.05) is 77.6 Å². The van der Waals surface area contributed by atoms with Crippen molar-refractivity contribution in [2.45, 2.75) is 0 Å². The number of hydrogen-bond donors (Lipinski definition) is 0. The average Bonchev–Trinajstić information content (AvgIpc) is 3.34. The Morgan fingerprint density at radius 2 is 1.71 bits per heavy atom. The van der Waals surface area contributed by atoms with Gasteiger partial charge in [0, 0.05) is 29.2 Å². The van der Waals surface area contributed by atoms with E-state index in [9.17, 15) is 0 Å². The maximum absolute atomic E-state index is 5.39. The van der Waals surface area contributed by atoms with Gasteiger partial charge in [0.2, 0.25) is 5.82 Å². The van der Waals surface area contributed by atoms with Gasteiger partial charge in [-0.25, -0.2) is 0 Å². The number of methoxy groups -OCH3 is 1. The third-order valence-electron chi connectivity index (χ3n) is 3.77. The number of benzene rings is 2. The van der Waals surface area contributed by atoms with Crippen LogP contribution in [0.2, 0.25) is 0 Å². The van der Waals surface area contributed by atoms with E-state index < -0.39 is 0 Å². The Hall–Kier alpha value is -3.34. The third-order valence-corrected chi connectivity index (χ3v) is 3.77. The van der Waals surface area contributed by atoms with Crippen molar-refractivity contribution in [1.29, 1.82) is 0 Å². The molecule has 5 heteroatoms. The summed E-state index contributed by atoms with van der Waals surface area (Å²) in [5, 5.41) is 4.08. The minimum Gasteiger partial charge on any atom is -0.497 e. The normalized spacial score (nSPS) is 10.7. The van der Waals surface area contributed by atoms with Crippen LogP contribution < -0.4 is 4.74 Å². The standard InChI is InChI=1S/C19H15N3O2/c1-23-17-6-4-5-15(13-17)19-20-18(21-24-19)14-7-9-16(10-8-14)22-11-2-3-12-22/h2-13H,1H3. The first-order valence-corrected chi connectivity index (χ1v) is 7.55. The first-order valence-electron chi connectivity index (χ1n) is 7.55. The minimum absolute atomic E-state index is 0.471. The first kappa shape index (κ1) is 14.3. The van der Waals surface area contributed by atoms with Gasteiger partial charge in [0.25, 0.3) is 5.89 Å². The lowest BCUT2D eigenvalue weighted by Gasteiger charge is -2.02. The molecular weight excluding hydrogens is 302 g/mol. The fourth-order valence-electron chi connectivity index (χ4n) is 2.50. The molecule has 0 saturated carbocycles. The summed E-state index contributed by atoms with van der Waals surface area (Å²) in [6.07, 6.45) is 4.01. The first-order chi connectivity index (χ1) is 11.8. The molecule has 0 aliphatic carbocycles. The number of hydrogen-bond acceptors (Lipinski definition) is 4. The molecule has 0 radical (unpaired) electrons. The summed E-state index contributed by atoms with van der Waals surface area (Å²) in [4.78, 5) is 4.48. The molecule has 24 heavy (non-hydrogen) atoms. The van der Waals surface area contributed by atoms with Crippen molar-refractivity contribution < 1.29 is 9.26 Å². The lowest BCUT2D eigenvalue weighted by molar-refractivity contribution is 0.413. The van der Waals surface area contributed by atoms with Crippen molar-refractivity contribution in [2.24, 2.45) is 0 Å². The maximum atomic E-state index is 5.39. The van der Waals surface area contributed by atoms with Gasteiger partial charge >= 0.3 is 0 Å². The van der Waals surface area contributed by atoms with Crippen LogP contribution in [-0.2, 0) is 0 Å². The van der Waals surface area contributed by atoms with Gasteiger partial charge in [0.15, 0.2) is 0 Å². The minimum atomic E-state index is 0.471. The van der Waals surface area contributed by atoms with Gasteiger partial charge < -0.3 is 13.8 Å². The van der Waals surface area contributed by atoms with Gasteiger partial charge in [-0.15, -0.1) is 0 Å². The highest BCUT2D eigenvalue weighted by Crippen LogP contribution is 2.25. The van der Waals surface area contributed by atoms with Gasteiger partial charge in [-0.05, 0) is 54.6 Å². The van der Waals surface area contributed by atoms with Crippen LogP contribution >= 0.6 is 0 Å². The molecule has 0 fully saturated rings. The number of rotatable bonds is 4. The third kappa shape index (κ3) is 2.67. The second-order valence-corrected chi connectivity index (χ2v) is 5.29. The van der Waals surface area contributed by atoms with E-state index >= 15 is 0 Å². The lowest BCUT2D eigenvalue weighted by atomic mass is 10.2. The predicted molar refractivity (Wildman–Crippen MR) is 91.0 cm³/mol. The van der Waals surface area contributed by atoms with Crippen molar-refractivity contribution in [3.8, 4) is 34.3 Å². The van der Waals surface area contributed by atoms with Crippen molar-refractivity contribution in [1.82, 2.24) is 14.7 Å². The monoisotopic (exact) mass is 317 g/mol. The summed E-state index contributed by atoms with van der Waals surface area (Å²) in [6, 6.07) is 19.5. The zero-order valence-electron chi connectivity index (χ0n) is 13.1. The Balaban J connectivity index is 1.62. The Bertz CT molecular complexity index is 941. The molecule has 0 saturated heterocycles. The number of nitrogens with zero attached hydrogens (tertiary/aromatic N) is 3. The van der Waals surface area contributed by atoms with Gasteiger partial charge in [-0.2, -0.15) is 4.98 Å². The molecule has 0 amide bonds. The fraction of sp³-hybridized carbons (Fsp3) is 0.0526. The molecule has 0 bridgehead atoms. The quantitative estimate of drug-likeness (QED) is 0.566. The molecule has 0 spiro atoms. The molecule has 118 valence electrons. The Kier molecular flexibility index (Phi) is 3.59. The Morgan fingerprint density at radius 3 is 2.46 bits per heavy atom. The lowest BCUT2D eigenvalue weighted by Crippen LogP contribution is -1.89. The van der Waals surface area contributed by atoms with Gasteiger partial charge in [0.1, 0.15) is 5.75 Å². The summed E-state index contributed by atoms with van der Waals surface area (Å²) >= 11 is 0. The highest BCUT2D eigenvalue weighted by atomic mass is 16.5. The van der Waals surface area contributed by atoms with Gasteiger partial charge in [-0.1, -0.05) is 11.2 Å². The number of ether oxygens (including phenoxy) is 1. The van der Waals surface area contributed by atoms with E-state index in [4.69, 9.17) is 9.26 Å². The smallest absolute Gasteiger partial charge is 0.258 e. The van der Waals surface area contributed by atoms with Gasteiger partial charge in [0.05, 0.1) is 7.11 Å². The van der Waals surface area contributed by atoms with E-state index in [1.165, 1.54) is 0 Å². The zero-order valence-corrected chi connectivity index (χ0v) is 13.1. The second kappa shape index (κ2) is 6.04. The predicted octanol–water partition coefficient (Wildman–Crippen LogP) is 4.20. The molecule has 2 aromatic carbocycles. The van der Waals surface area contributed by atoms with Crippen molar-refractivity contribution in [3.63, 3.8) is 0 Å². The summed E-state index contributed by atoms with van der Waals surface area (Å²) < 4.78 is 12.7. The van der Waals surface area contributed by atoms with Crippen LogP contribution in [0.4, 0.5) is 0 Å². The highest BCUT2D eigenvalue weighted by Gasteiger charge is 2.11. The van der Waals surface area contributed by atoms with Crippen molar-refractivity contribution >= 4 is 0 Å². The maximum Gasteiger partial charge on any atom is 0.258 e. The molecular formula is C19H15N3O2. The Morgan fingerprint density at radius 1 is 0.917 bits per heavy atom.